The molecule has 4 aromatic rings. The molecule has 1 aromatic heterocycles. The Kier molecular flexibility index (Phi) is 5.53. The summed E-state index contributed by atoms with van der Waals surface area (Å²) >= 11 is 7.13. The smallest absolute Gasteiger partial charge is 0.0891 e. The number of hydrogen-bond donors (Lipinski definition) is 2. The number of nitrogens with zero attached hydrogens (tertiary/aromatic N) is 2. The maximum atomic E-state index is 10.7. The van der Waals surface area contributed by atoms with Crippen molar-refractivity contribution >= 4 is 71.8 Å². The van der Waals surface area contributed by atoms with Crippen LogP contribution in [-0.4, -0.2) is 29.0 Å². The number of aliphatic imine (C=N–C) groups is 1. The molecule has 142 valence electrons. The van der Waals surface area contributed by atoms with Gasteiger partial charge in [-0.2, -0.15) is 0 Å². The number of rotatable bonds is 6. The van der Waals surface area contributed by atoms with E-state index in [2.05, 4.69) is 77.7 Å². The SMILES string of the molecule is C=Nc1cccc(NCC(O)Cn2c3ccc(Br)cc3c3cc(Br)ccc32)c1. The van der Waals surface area contributed by atoms with E-state index in [1.165, 1.54) is 0 Å². The summed E-state index contributed by atoms with van der Waals surface area (Å²) in [5, 5.41) is 16.3. The van der Waals surface area contributed by atoms with Crippen LogP contribution in [0.4, 0.5) is 11.4 Å². The largest absolute Gasteiger partial charge is 0.389 e. The van der Waals surface area contributed by atoms with E-state index in [4.69, 9.17) is 0 Å². The molecule has 0 fully saturated rings. The molecule has 3 aromatic carbocycles. The van der Waals surface area contributed by atoms with Gasteiger partial charge in [0.2, 0.25) is 0 Å². The van der Waals surface area contributed by atoms with Gasteiger partial charge in [-0.05, 0) is 61.3 Å². The van der Waals surface area contributed by atoms with Crippen molar-refractivity contribution in [2.75, 3.05) is 11.9 Å². The van der Waals surface area contributed by atoms with Gasteiger partial charge < -0.3 is 15.0 Å². The van der Waals surface area contributed by atoms with Crippen molar-refractivity contribution in [3.8, 4) is 0 Å². The molecule has 1 heterocycles. The lowest BCUT2D eigenvalue weighted by atomic mass is 10.2. The van der Waals surface area contributed by atoms with Gasteiger partial charge >= 0.3 is 0 Å². The number of halogens is 2. The second-order valence-electron chi connectivity index (χ2n) is 6.68. The van der Waals surface area contributed by atoms with Gasteiger partial charge in [0.05, 0.1) is 18.3 Å². The van der Waals surface area contributed by atoms with Crippen LogP contribution in [0, 0.1) is 0 Å². The van der Waals surface area contributed by atoms with Crippen LogP contribution in [0.15, 0.2) is 74.6 Å². The normalized spacial score (nSPS) is 12.4. The van der Waals surface area contributed by atoms with Crippen molar-refractivity contribution in [3.63, 3.8) is 0 Å². The summed E-state index contributed by atoms with van der Waals surface area (Å²) in [5.74, 6) is 0. The lowest BCUT2D eigenvalue weighted by Crippen LogP contribution is -2.24. The molecule has 0 aliphatic carbocycles. The Morgan fingerprint density at radius 1 is 0.964 bits per heavy atom. The molecule has 0 bridgehead atoms. The zero-order valence-electron chi connectivity index (χ0n) is 15.1. The van der Waals surface area contributed by atoms with Gasteiger partial charge in [-0.1, -0.05) is 37.9 Å². The first-order valence-corrected chi connectivity index (χ1v) is 10.5. The molecule has 0 amide bonds. The highest BCUT2D eigenvalue weighted by Crippen LogP contribution is 2.33. The minimum atomic E-state index is -0.550. The predicted molar refractivity (Wildman–Crippen MR) is 125 cm³/mol. The lowest BCUT2D eigenvalue weighted by molar-refractivity contribution is 0.169. The first kappa shape index (κ1) is 19.2. The molecule has 4 nitrogen and oxygen atoms in total. The third-order valence-corrected chi connectivity index (χ3v) is 5.74. The van der Waals surface area contributed by atoms with Gasteiger partial charge in [0.25, 0.3) is 0 Å². The number of aliphatic hydroxyl groups excluding tert-OH is 1. The van der Waals surface area contributed by atoms with Crippen LogP contribution in [-0.2, 0) is 6.54 Å². The van der Waals surface area contributed by atoms with Crippen LogP contribution >= 0.6 is 31.9 Å². The summed E-state index contributed by atoms with van der Waals surface area (Å²) in [7, 11) is 0. The van der Waals surface area contributed by atoms with E-state index in [1.807, 2.05) is 36.4 Å². The van der Waals surface area contributed by atoms with Crippen LogP contribution in [0.2, 0.25) is 0 Å². The predicted octanol–water partition coefficient (Wildman–Crippen LogP) is 6.12. The number of anilines is 1. The quantitative estimate of drug-likeness (QED) is 0.313. The van der Waals surface area contributed by atoms with E-state index in [9.17, 15) is 5.11 Å². The Labute approximate surface area is 180 Å². The first-order valence-electron chi connectivity index (χ1n) is 8.91. The Hall–Kier alpha value is -2.15. The van der Waals surface area contributed by atoms with E-state index < -0.39 is 6.10 Å². The first-order chi connectivity index (χ1) is 13.5. The fourth-order valence-corrected chi connectivity index (χ4v) is 4.19. The molecule has 0 radical (unpaired) electrons. The van der Waals surface area contributed by atoms with Crippen molar-refractivity contribution in [3.05, 3.63) is 69.6 Å². The van der Waals surface area contributed by atoms with E-state index in [1.54, 1.807) is 0 Å². The van der Waals surface area contributed by atoms with E-state index in [-0.39, 0.29) is 0 Å². The van der Waals surface area contributed by atoms with Gasteiger partial charge in [-0.3, -0.25) is 4.99 Å². The second kappa shape index (κ2) is 8.07. The maximum Gasteiger partial charge on any atom is 0.0891 e. The summed E-state index contributed by atoms with van der Waals surface area (Å²) in [5.41, 5.74) is 3.93. The molecular formula is C22H19Br2N3O. The molecule has 0 spiro atoms. The molecule has 28 heavy (non-hydrogen) atoms. The van der Waals surface area contributed by atoms with Crippen molar-refractivity contribution < 1.29 is 5.11 Å². The number of benzene rings is 3. The molecule has 0 aliphatic heterocycles. The zero-order chi connectivity index (χ0) is 19.7. The van der Waals surface area contributed by atoms with Crippen LogP contribution in [0.1, 0.15) is 0 Å². The average molecular weight is 501 g/mol. The van der Waals surface area contributed by atoms with Crippen molar-refractivity contribution in [2.24, 2.45) is 4.99 Å². The zero-order valence-corrected chi connectivity index (χ0v) is 18.2. The molecule has 0 aliphatic rings. The van der Waals surface area contributed by atoms with Crippen LogP contribution in [0.3, 0.4) is 0 Å². The molecular weight excluding hydrogens is 482 g/mol. The van der Waals surface area contributed by atoms with Crippen LogP contribution < -0.4 is 5.32 Å². The summed E-state index contributed by atoms with van der Waals surface area (Å²) in [6, 6.07) is 20.2. The molecule has 0 saturated heterocycles. The average Bonchev–Trinajstić information content (AvgIpc) is 2.99. The number of fused-ring (bicyclic) bond motifs is 3. The minimum Gasteiger partial charge on any atom is -0.389 e. The number of nitrogens with one attached hydrogen (secondary N) is 1. The Bertz CT molecular complexity index is 1110. The van der Waals surface area contributed by atoms with Gasteiger partial charge in [0.1, 0.15) is 0 Å². The number of aliphatic hydroxyl groups is 1. The number of hydrogen-bond acceptors (Lipinski definition) is 3. The van der Waals surface area contributed by atoms with Gasteiger partial charge in [0.15, 0.2) is 0 Å². The third-order valence-electron chi connectivity index (χ3n) is 4.75. The number of aromatic nitrogens is 1. The van der Waals surface area contributed by atoms with Crippen molar-refractivity contribution in [1.29, 1.82) is 0 Å². The standard InChI is InChI=1S/C22H19Br2N3O/c1-25-16-3-2-4-17(11-16)26-12-18(28)13-27-21-7-5-14(23)9-19(21)20-10-15(24)6-8-22(20)27/h2-11,18,26,28H,1,12-13H2. The minimum absolute atomic E-state index is 0.439. The monoisotopic (exact) mass is 499 g/mol. The van der Waals surface area contributed by atoms with Gasteiger partial charge in [-0.15, -0.1) is 0 Å². The fourth-order valence-electron chi connectivity index (χ4n) is 3.47. The highest BCUT2D eigenvalue weighted by Gasteiger charge is 2.14. The van der Waals surface area contributed by atoms with Gasteiger partial charge in [0, 0.05) is 43.0 Å². The molecule has 1 atom stereocenters. The molecule has 1 unspecified atom stereocenters. The molecule has 2 N–H and O–H groups in total. The Morgan fingerprint density at radius 2 is 1.61 bits per heavy atom. The fraction of sp³-hybridized carbons (Fsp3) is 0.136. The van der Waals surface area contributed by atoms with E-state index in [0.717, 1.165) is 42.1 Å². The molecule has 0 saturated carbocycles. The second-order valence-corrected chi connectivity index (χ2v) is 8.51. The van der Waals surface area contributed by atoms with E-state index >= 15 is 0 Å². The van der Waals surface area contributed by atoms with E-state index in [0.29, 0.717) is 13.1 Å². The summed E-state index contributed by atoms with van der Waals surface area (Å²) in [6.07, 6.45) is -0.550. The van der Waals surface area contributed by atoms with Crippen LogP contribution in [0.25, 0.3) is 21.8 Å². The lowest BCUT2D eigenvalue weighted by Gasteiger charge is -2.16. The third kappa shape index (κ3) is 3.85. The Balaban J connectivity index is 1.62. The van der Waals surface area contributed by atoms with Crippen molar-refractivity contribution in [2.45, 2.75) is 12.6 Å². The van der Waals surface area contributed by atoms with Crippen molar-refractivity contribution in [1.82, 2.24) is 4.57 Å². The van der Waals surface area contributed by atoms with Crippen LogP contribution in [0.5, 0.6) is 0 Å². The molecule has 6 heteroatoms. The summed E-state index contributed by atoms with van der Waals surface area (Å²) < 4.78 is 4.26. The maximum absolute atomic E-state index is 10.7. The summed E-state index contributed by atoms with van der Waals surface area (Å²) in [4.78, 5) is 3.94. The van der Waals surface area contributed by atoms with Gasteiger partial charge in [-0.25, -0.2) is 0 Å². The topological polar surface area (TPSA) is 49.6 Å². The highest BCUT2D eigenvalue weighted by atomic mass is 79.9. The highest BCUT2D eigenvalue weighted by molar-refractivity contribution is 9.10. The Morgan fingerprint density at radius 3 is 2.21 bits per heavy atom. The summed E-state index contributed by atoms with van der Waals surface area (Å²) in [6.45, 7) is 4.49. The molecule has 4 rings (SSSR count).